The molecule has 8 nitrogen and oxygen atoms in total. The lowest BCUT2D eigenvalue weighted by atomic mass is 9.96. The highest BCUT2D eigenvalue weighted by Crippen LogP contribution is 2.35. The summed E-state index contributed by atoms with van der Waals surface area (Å²) in [6.07, 6.45) is 1.73. The first-order valence-corrected chi connectivity index (χ1v) is 14.9. The van der Waals surface area contributed by atoms with Crippen LogP contribution in [0.5, 0.6) is 17.2 Å². The Balaban J connectivity index is 1.56. The smallest absolute Gasteiger partial charge is 0.338 e. The number of carbonyl (C=O) groups is 1. The fourth-order valence-electron chi connectivity index (χ4n) is 4.78. The maximum absolute atomic E-state index is 14.0. The monoisotopic (exact) mass is 666 g/mol. The molecule has 43 heavy (non-hydrogen) atoms. The molecule has 0 bridgehead atoms. The number of esters is 1. The van der Waals surface area contributed by atoms with Gasteiger partial charge >= 0.3 is 5.97 Å². The number of fused-ring (bicyclic) bond motifs is 1. The second-order valence-corrected chi connectivity index (χ2v) is 11.4. The van der Waals surface area contributed by atoms with E-state index in [-0.39, 0.29) is 30.2 Å². The van der Waals surface area contributed by atoms with Gasteiger partial charge in [0.05, 0.1) is 47.1 Å². The highest BCUT2D eigenvalue weighted by molar-refractivity contribution is 9.10. The summed E-state index contributed by atoms with van der Waals surface area (Å²) in [6.45, 7) is 3.68. The van der Waals surface area contributed by atoms with Crippen molar-refractivity contribution in [3.63, 3.8) is 0 Å². The zero-order valence-corrected chi connectivity index (χ0v) is 26.3. The van der Waals surface area contributed by atoms with Crippen LogP contribution >= 0.6 is 27.3 Å². The molecule has 2 heterocycles. The minimum Gasteiger partial charge on any atom is -0.496 e. The van der Waals surface area contributed by atoms with E-state index in [1.165, 1.54) is 29.1 Å². The standard InChI is InChI=1S/C32H28BrFN2O6S/c1-5-41-31(38)28-18(2)35-32-36(29(28)20-11-13-24(39-3)22(33)16-20)30(37)27(43-32)15-19-10-12-25(26(14-19)40-4)42-17-21-8-6-7-9-23(21)34/h6-16,29H,5,17H2,1-4H3/b27-15+/t29-/m1/s1. The van der Waals surface area contributed by atoms with Gasteiger partial charge in [0.2, 0.25) is 0 Å². The number of allylic oxidation sites excluding steroid dienone is 1. The number of hydrogen-bond acceptors (Lipinski definition) is 8. The number of methoxy groups -OCH3 is 2. The summed E-state index contributed by atoms with van der Waals surface area (Å²) >= 11 is 4.74. The van der Waals surface area contributed by atoms with Gasteiger partial charge in [-0.1, -0.05) is 41.7 Å². The van der Waals surface area contributed by atoms with Crippen molar-refractivity contribution in [2.24, 2.45) is 4.99 Å². The second kappa shape index (κ2) is 13.0. The third kappa shape index (κ3) is 6.14. The first-order chi connectivity index (χ1) is 20.7. The Kier molecular flexibility index (Phi) is 9.12. The van der Waals surface area contributed by atoms with Crippen LogP contribution in [0, 0.1) is 5.82 Å². The average Bonchev–Trinajstić information content (AvgIpc) is 3.30. The van der Waals surface area contributed by atoms with Gasteiger partial charge < -0.3 is 18.9 Å². The summed E-state index contributed by atoms with van der Waals surface area (Å²) in [7, 11) is 3.07. The van der Waals surface area contributed by atoms with Crippen molar-refractivity contribution < 1.29 is 28.1 Å². The molecule has 1 atom stereocenters. The summed E-state index contributed by atoms with van der Waals surface area (Å²) in [4.78, 5) is 32.2. The lowest BCUT2D eigenvalue weighted by Gasteiger charge is -2.25. The number of aromatic nitrogens is 1. The summed E-state index contributed by atoms with van der Waals surface area (Å²) in [5.41, 5.74) is 2.25. The van der Waals surface area contributed by atoms with Crippen molar-refractivity contribution in [2.45, 2.75) is 26.5 Å². The van der Waals surface area contributed by atoms with Crippen LogP contribution in [0.4, 0.5) is 4.39 Å². The van der Waals surface area contributed by atoms with Crippen LogP contribution in [-0.4, -0.2) is 31.4 Å². The zero-order chi connectivity index (χ0) is 30.7. The number of thiazole rings is 1. The van der Waals surface area contributed by atoms with Gasteiger partial charge in [-0.15, -0.1) is 0 Å². The Morgan fingerprint density at radius 1 is 1.07 bits per heavy atom. The van der Waals surface area contributed by atoms with Gasteiger partial charge in [-0.05, 0) is 77.3 Å². The van der Waals surface area contributed by atoms with E-state index in [1.54, 1.807) is 69.5 Å². The molecule has 0 N–H and O–H groups in total. The largest absolute Gasteiger partial charge is 0.496 e. The van der Waals surface area contributed by atoms with E-state index in [4.69, 9.17) is 18.9 Å². The molecule has 3 aromatic carbocycles. The van der Waals surface area contributed by atoms with E-state index in [9.17, 15) is 14.0 Å². The first kappa shape index (κ1) is 30.2. The van der Waals surface area contributed by atoms with Crippen LogP contribution < -0.4 is 29.1 Å². The number of halogens is 2. The van der Waals surface area contributed by atoms with E-state index < -0.39 is 12.0 Å². The van der Waals surface area contributed by atoms with Gasteiger partial charge in [0.25, 0.3) is 5.56 Å². The molecule has 0 unspecified atom stereocenters. The minimum absolute atomic E-state index is 0.0323. The Morgan fingerprint density at radius 2 is 1.81 bits per heavy atom. The Labute approximate surface area is 259 Å². The predicted molar refractivity (Wildman–Crippen MR) is 165 cm³/mol. The Bertz CT molecular complexity index is 1920. The molecule has 4 aromatic rings. The topological polar surface area (TPSA) is 88.4 Å². The normalized spacial score (nSPS) is 14.7. The molecule has 0 saturated carbocycles. The maximum atomic E-state index is 14.0. The van der Waals surface area contributed by atoms with Crippen molar-refractivity contribution >= 4 is 39.3 Å². The molecule has 11 heteroatoms. The van der Waals surface area contributed by atoms with E-state index in [2.05, 4.69) is 20.9 Å². The van der Waals surface area contributed by atoms with Crippen LogP contribution in [0.1, 0.15) is 36.6 Å². The minimum atomic E-state index is -0.761. The van der Waals surface area contributed by atoms with Crippen molar-refractivity contribution in [3.05, 3.63) is 119 Å². The summed E-state index contributed by atoms with van der Waals surface area (Å²) < 4.78 is 38.8. The van der Waals surface area contributed by atoms with Gasteiger partial charge in [-0.25, -0.2) is 14.2 Å². The van der Waals surface area contributed by atoms with Crippen molar-refractivity contribution in [1.29, 1.82) is 0 Å². The molecule has 222 valence electrons. The van der Waals surface area contributed by atoms with Crippen LogP contribution in [0.25, 0.3) is 6.08 Å². The molecule has 0 radical (unpaired) electrons. The molecular formula is C32H28BrFN2O6S. The van der Waals surface area contributed by atoms with Gasteiger partial charge in [-0.2, -0.15) is 0 Å². The fourth-order valence-corrected chi connectivity index (χ4v) is 6.38. The van der Waals surface area contributed by atoms with Crippen molar-refractivity contribution in [1.82, 2.24) is 4.57 Å². The highest BCUT2D eigenvalue weighted by atomic mass is 79.9. The van der Waals surface area contributed by atoms with Crippen molar-refractivity contribution in [3.8, 4) is 17.2 Å². The molecule has 1 aromatic heterocycles. The Hall–Kier alpha value is -4.22. The van der Waals surface area contributed by atoms with Gasteiger partial charge in [0, 0.05) is 5.56 Å². The van der Waals surface area contributed by atoms with Gasteiger partial charge in [0.1, 0.15) is 18.2 Å². The fraction of sp³-hybridized carbons (Fsp3) is 0.219. The van der Waals surface area contributed by atoms with E-state index in [0.29, 0.717) is 53.4 Å². The maximum Gasteiger partial charge on any atom is 0.338 e. The average molecular weight is 668 g/mol. The molecule has 0 fully saturated rings. The van der Waals surface area contributed by atoms with Crippen LogP contribution in [-0.2, 0) is 16.1 Å². The van der Waals surface area contributed by atoms with E-state index in [1.807, 2.05) is 12.1 Å². The zero-order valence-electron chi connectivity index (χ0n) is 23.9. The summed E-state index contributed by atoms with van der Waals surface area (Å²) in [5, 5.41) is 0. The van der Waals surface area contributed by atoms with Crippen molar-refractivity contribution in [2.75, 3.05) is 20.8 Å². The first-order valence-electron chi connectivity index (χ1n) is 13.3. The van der Waals surface area contributed by atoms with Crippen LogP contribution in [0.15, 0.2) is 86.2 Å². The second-order valence-electron chi connectivity index (χ2n) is 9.49. The van der Waals surface area contributed by atoms with Gasteiger partial charge in [-0.3, -0.25) is 9.36 Å². The third-order valence-corrected chi connectivity index (χ3v) is 8.44. The number of ether oxygens (including phenoxy) is 4. The molecule has 0 aliphatic carbocycles. The summed E-state index contributed by atoms with van der Waals surface area (Å²) in [6, 6.07) is 16.3. The van der Waals surface area contributed by atoms with Gasteiger partial charge in [0.15, 0.2) is 16.3 Å². The third-order valence-electron chi connectivity index (χ3n) is 6.84. The van der Waals surface area contributed by atoms with E-state index in [0.717, 1.165) is 0 Å². The number of hydrogen-bond donors (Lipinski definition) is 0. The lowest BCUT2D eigenvalue weighted by molar-refractivity contribution is -0.139. The van der Waals surface area contributed by atoms with Crippen LogP contribution in [0.3, 0.4) is 0 Å². The number of carbonyl (C=O) groups excluding carboxylic acids is 1. The molecular weight excluding hydrogens is 639 g/mol. The molecule has 1 aliphatic heterocycles. The SMILES string of the molecule is CCOC(=O)C1=C(C)N=c2s/c(=C/c3ccc(OCc4ccccc4F)c(OC)c3)c(=O)n2[C@@H]1c1ccc(OC)c(Br)c1. The highest BCUT2D eigenvalue weighted by Gasteiger charge is 2.33. The number of nitrogens with zero attached hydrogens (tertiary/aromatic N) is 2. The molecule has 0 amide bonds. The molecule has 5 rings (SSSR count). The number of benzene rings is 3. The Morgan fingerprint density at radius 3 is 2.51 bits per heavy atom. The molecule has 1 aliphatic rings. The summed E-state index contributed by atoms with van der Waals surface area (Å²) in [5.74, 6) is 0.592. The predicted octanol–water partition coefficient (Wildman–Crippen LogP) is 5.30. The molecule has 0 spiro atoms. The van der Waals surface area contributed by atoms with Crippen LogP contribution in [0.2, 0.25) is 0 Å². The van der Waals surface area contributed by atoms with E-state index >= 15 is 0 Å². The number of rotatable bonds is 9. The quantitative estimate of drug-likeness (QED) is 0.226. The lowest BCUT2D eigenvalue weighted by Crippen LogP contribution is -2.39. The molecule has 0 saturated heterocycles.